The number of nitrogens with one attached hydrogen (secondary N) is 3. The van der Waals surface area contributed by atoms with Crippen LogP contribution in [0.15, 0.2) is 54.6 Å². The van der Waals surface area contributed by atoms with Crippen LogP contribution < -0.4 is 16.0 Å². The first-order chi connectivity index (χ1) is 17.1. The number of nitrogens with zero attached hydrogens (tertiary/aromatic N) is 1. The van der Waals surface area contributed by atoms with Gasteiger partial charge in [-0.05, 0) is 75.9 Å². The van der Waals surface area contributed by atoms with Crippen molar-refractivity contribution in [3.8, 4) is 11.3 Å². The normalized spacial score (nSPS) is 15.5. The Morgan fingerprint density at radius 3 is 2.74 bits per heavy atom. The van der Waals surface area contributed by atoms with E-state index < -0.39 is 5.97 Å². The van der Waals surface area contributed by atoms with E-state index in [4.69, 9.17) is 9.72 Å². The molecule has 1 aliphatic heterocycles. The summed E-state index contributed by atoms with van der Waals surface area (Å²) in [5.74, 6) is 0.0168. The van der Waals surface area contributed by atoms with Gasteiger partial charge in [0, 0.05) is 28.7 Å². The van der Waals surface area contributed by atoms with Crippen LogP contribution in [0.2, 0.25) is 0 Å². The first-order valence-corrected chi connectivity index (χ1v) is 12.5. The van der Waals surface area contributed by atoms with E-state index in [0.717, 1.165) is 59.8 Å². The second kappa shape index (κ2) is 12.3. The van der Waals surface area contributed by atoms with Gasteiger partial charge in [-0.3, -0.25) is 9.59 Å². The van der Waals surface area contributed by atoms with Crippen LogP contribution in [0.25, 0.3) is 22.2 Å². The van der Waals surface area contributed by atoms with Crippen LogP contribution in [-0.2, 0) is 9.53 Å². The van der Waals surface area contributed by atoms with E-state index >= 15 is 0 Å². The molecule has 35 heavy (non-hydrogen) atoms. The van der Waals surface area contributed by atoms with Gasteiger partial charge >= 0.3 is 5.97 Å². The number of fused-ring (bicyclic) bond motifs is 1. The number of benzene rings is 2. The molecule has 1 aromatic heterocycles. The SMILES string of the molecule is CCOC(=O)CNC(=O)c1ccc(-c2cc(NCCCC3CCCNC3)c3ccccc3n2)cc1. The Hall–Kier alpha value is -3.45. The Kier molecular flexibility index (Phi) is 8.68. The fourth-order valence-electron chi connectivity index (χ4n) is 4.51. The summed E-state index contributed by atoms with van der Waals surface area (Å²) < 4.78 is 4.85. The summed E-state index contributed by atoms with van der Waals surface area (Å²) in [5, 5.41) is 10.8. The van der Waals surface area contributed by atoms with E-state index in [0.29, 0.717) is 5.56 Å². The molecular weight excluding hydrogens is 440 g/mol. The maximum atomic E-state index is 12.3. The van der Waals surface area contributed by atoms with E-state index in [9.17, 15) is 9.59 Å². The van der Waals surface area contributed by atoms with E-state index in [1.165, 1.54) is 19.3 Å². The molecule has 1 fully saturated rings. The van der Waals surface area contributed by atoms with Crippen molar-refractivity contribution >= 4 is 28.5 Å². The molecule has 1 saturated heterocycles. The minimum Gasteiger partial charge on any atom is -0.465 e. The summed E-state index contributed by atoms with van der Waals surface area (Å²) in [6, 6.07) is 17.5. The van der Waals surface area contributed by atoms with Gasteiger partial charge in [0.2, 0.25) is 0 Å². The topological polar surface area (TPSA) is 92.3 Å². The molecule has 0 radical (unpaired) electrons. The molecule has 1 aliphatic rings. The Morgan fingerprint density at radius 2 is 1.97 bits per heavy atom. The number of hydrogen-bond donors (Lipinski definition) is 3. The van der Waals surface area contributed by atoms with E-state index in [-0.39, 0.29) is 19.1 Å². The Labute approximate surface area is 206 Å². The van der Waals surface area contributed by atoms with Gasteiger partial charge in [0.1, 0.15) is 6.54 Å². The van der Waals surface area contributed by atoms with E-state index in [1.54, 1.807) is 19.1 Å². The van der Waals surface area contributed by atoms with Crippen LogP contribution in [0.3, 0.4) is 0 Å². The van der Waals surface area contributed by atoms with Gasteiger partial charge < -0.3 is 20.7 Å². The van der Waals surface area contributed by atoms with Gasteiger partial charge in [0.15, 0.2) is 0 Å². The highest BCUT2D eigenvalue weighted by Crippen LogP contribution is 2.29. The molecule has 3 N–H and O–H groups in total. The summed E-state index contributed by atoms with van der Waals surface area (Å²) in [6.07, 6.45) is 4.97. The number of amides is 1. The lowest BCUT2D eigenvalue weighted by atomic mass is 9.95. The summed E-state index contributed by atoms with van der Waals surface area (Å²) in [4.78, 5) is 28.7. The molecule has 0 spiro atoms. The Bertz CT molecular complexity index is 1140. The smallest absolute Gasteiger partial charge is 0.325 e. The quantitative estimate of drug-likeness (QED) is 0.298. The molecule has 0 saturated carbocycles. The first kappa shape index (κ1) is 24.7. The molecule has 1 atom stereocenters. The number of rotatable bonds is 10. The van der Waals surface area contributed by atoms with Crippen molar-refractivity contribution in [2.24, 2.45) is 5.92 Å². The zero-order valence-corrected chi connectivity index (χ0v) is 20.3. The van der Waals surface area contributed by atoms with Gasteiger partial charge in [0.05, 0.1) is 17.8 Å². The standard InChI is InChI=1S/C28H34N4O3/c1-2-35-27(33)19-31-28(34)22-13-11-21(12-14-22)25-17-26(23-9-3-4-10-24(23)32-25)30-16-6-8-20-7-5-15-29-18-20/h3-4,9-14,17,20,29H,2,5-8,15-16,18-19H2,1H3,(H,30,32)(H,31,34). The second-order valence-corrected chi connectivity index (χ2v) is 8.92. The van der Waals surface area contributed by atoms with Crippen LogP contribution in [0.4, 0.5) is 5.69 Å². The average molecular weight is 475 g/mol. The van der Waals surface area contributed by atoms with Crippen molar-refractivity contribution in [2.45, 2.75) is 32.6 Å². The number of anilines is 1. The van der Waals surface area contributed by atoms with E-state index in [2.05, 4.69) is 28.1 Å². The summed E-state index contributed by atoms with van der Waals surface area (Å²) in [6.45, 7) is 5.09. The number of para-hydroxylation sites is 1. The minimum atomic E-state index is -0.451. The van der Waals surface area contributed by atoms with Crippen molar-refractivity contribution in [1.82, 2.24) is 15.6 Å². The molecule has 0 bridgehead atoms. The lowest BCUT2D eigenvalue weighted by Gasteiger charge is -2.22. The predicted octanol–water partition coefficient (Wildman–Crippen LogP) is 4.39. The summed E-state index contributed by atoms with van der Waals surface area (Å²) >= 11 is 0. The van der Waals surface area contributed by atoms with Gasteiger partial charge in [-0.25, -0.2) is 4.98 Å². The maximum Gasteiger partial charge on any atom is 0.325 e. The Morgan fingerprint density at radius 1 is 1.14 bits per heavy atom. The number of ether oxygens (including phenoxy) is 1. The van der Waals surface area contributed by atoms with Crippen molar-refractivity contribution < 1.29 is 14.3 Å². The number of pyridine rings is 1. The van der Waals surface area contributed by atoms with Crippen LogP contribution >= 0.6 is 0 Å². The molecule has 2 heterocycles. The van der Waals surface area contributed by atoms with Gasteiger partial charge in [0.25, 0.3) is 5.91 Å². The molecule has 1 amide bonds. The second-order valence-electron chi connectivity index (χ2n) is 8.92. The van der Waals surface area contributed by atoms with Crippen molar-refractivity contribution in [1.29, 1.82) is 0 Å². The van der Waals surface area contributed by atoms with Crippen molar-refractivity contribution in [3.05, 3.63) is 60.2 Å². The van der Waals surface area contributed by atoms with Crippen LogP contribution in [0, 0.1) is 5.92 Å². The third-order valence-corrected chi connectivity index (χ3v) is 6.36. The first-order valence-electron chi connectivity index (χ1n) is 12.5. The van der Waals surface area contributed by atoms with Crippen LogP contribution in [0.5, 0.6) is 0 Å². The zero-order valence-electron chi connectivity index (χ0n) is 20.3. The molecule has 0 aliphatic carbocycles. The highest BCUT2D eigenvalue weighted by molar-refractivity contribution is 5.97. The van der Waals surface area contributed by atoms with Crippen molar-refractivity contribution in [3.63, 3.8) is 0 Å². The summed E-state index contributed by atoms with van der Waals surface area (Å²) in [5.41, 5.74) is 4.26. The van der Waals surface area contributed by atoms with Crippen LogP contribution in [-0.4, -0.2) is 49.6 Å². The largest absolute Gasteiger partial charge is 0.465 e. The fourth-order valence-corrected chi connectivity index (χ4v) is 4.51. The number of hydrogen-bond acceptors (Lipinski definition) is 6. The lowest BCUT2D eigenvalue weighted by molar-refractivity contribution is -0.141. The number of carbonyl (C=O) groups excluding carboxylic acids is 2. The van der Waals surface area contributed by atoms with Gasteiger partial charge in [-0.15, -0.1) is 0 Å². The van der Waals surface area contributed by atoms with E-state index in [1.807, 2.05) is 30.3 Å². The fraction of sp³-hybridized carbons (Fsp3) is 0.393. The molecule has 2 aromatic carbocycles. The third-order valence-electron chi connectivity index (χ3n) is 6.36. The van der Waals surface area contributed by atoms with Crippen molar-refractivity contribution in [2.75, 3.05) is 38.1 Å². The zero-order chi connectivity index (χ0) is 24.5. The third kappa shape index (κ3) is 6.79. The molecular formula is C28H34N4O3. The minimum absolute atomic E-state index is 0.146. The van der Waals surface area contributed by atoms with Crippen LogP contribution in [0.1, 0.15) is 43.0 Å². The highest BCUT2D eigenvalue weighted by atomic mass is 16.5. The molecule has 4 rings (SSSR count). The molecule has 3 aromatic rings. The monoisotopic (exact) mass is 474 g/mol. The number of aromatic nitrogens is 1. The maximum absolute atomic E-state index is 12.3. The molecule has 7 heteroatoms. The summed E-state index contributed by atoms with van der Waals surface area (Å²) in [7, 11) is 0. The molecule has 1 unspecified atom stereocenters. The number of piperidine rings is 1. The Balaban J connectivity index is 1.43. The lowest BCUT2D eigenvalue weighted by Crippen LogP contribution is -2.30. The predicted molar refractivity (Wildman–Crippen MR) is 139 cm³/mol. The average Bonchev–Trinajstić information content (AvgIpc) is 2.90. The number of carbonyl (C=O) groups is 2. The van der Waals surface area contributed by atoms with Gasteiger partial charge in [-0.1, -0.05) is 30.3 Å². The molecule has 7 nitrogen and oxygen atoms in total. The number of esters is 1. The molecule has 184 valence electrons. The highest BCUT2D eigenvalue weighted by Gasteiger charge is 2.13. The van der Waals surface area contributed by atoms with Gasteiger partial charge in [-0.2, -0.15) is 0 Å².